The molecule has 3 aromatic rings. The van der Waals surface area contributed by atoms with E-state index in [4.69, 9.17) is 4.74 Å². The van der Waals surface area contributed by atoms with Crippen LogP contribution in [0.3, 0.4) is 0 Å². The fourth-order valence-corrected chi connectivity index (χ4v) is 1.78. The summed E-state index contributed by atoms with van der Waals surface area (Å²) in [7, 11) is 1.63. The van der Waals surface area contributed by atoms with Crippen molar-refractivity contribution in [1.29, 1.82) is 0 Å². The standard InChI is InChI=1S/C13H10N3O/c1-17-13-9-5-4-8-12(13)16-11-7-3-2-6-10(11)14-15-16/h2-7,9H,1H3. The molecule has 0 fully saturated rings. The fourth-order valence-electron chi connectivity index (χ4n) is 1.78. The summed E-state index contributed by atoms with van der Waals surface area (Å²) in [5, 5.41) is 8.24. The van der Waals surface area contributed by atoms with Crippen LogP contribution < -0.4 is 4.74 Å². The van der Waals surface area contributed by atoms with Gasteiger partial charge in [0.1, 0.15) is 17.0 Å². The lowest BCUT2D eigenvalue weighted by Gasteiger charge is -2.07. The molecule has 0 amide bonds. The summed E-state index contributed by atoms with van der Waals surface area (Å²) in [5.41, 5.74) is 2.56. The molecule has 2 aromatic carbocycles. The Balaban J connectivity index is 2.27. The van der Waals surface area contributed by atoms with Gasteiger partial charge in [-0.15, -0.1) is 5.10 Å². The third kappa shape index (κ3) is 1.54. The minimum Gasteiger partial charge on any atom is -0.494 e. The van der Waals surface area contributed by atoms with Crippen molar-refractivity contribution in [2.24, 2.45) is 0 Å². The summed E-state index contributed by atoms with van der Waals surface area (Å²) in [5.74, 6) is 0.725. The van der Waals surface area contributed by atoms with E-state index in [2.05, 4.69) is 16.4 Å². The summed E-state index contributed by atoms with van der Waals surface area (Å²) in [4.78, 5) is 0. The van der Waals surface area contributed by atoms with Crippen molar-refractivity contribution in [1.82, 2.24) is 15.0 Å². The number of methoxy groups -OCH3 is 1. The molecule has 4 nitrogen and oxygen atoms in total. The Morgan fingerprint density at radius 3 is 2.94 bits per heavy atom. The lowest BCUT2D eigenvalue weighted by atomic mass is 10.2. The molecule has 83 valence electrons. The normalized spacial score (nSPS) is 10.6. The van der Waals surface area contributed by atoms with E-state index in [9.17, 15) is 0 Å². The van der Waals surface area contributed by atoms with E-state index < -0.39 is 0 Å². The maximum Gasteiger partial charge on any atom is 0.145 e. The van der Waals surface area contributed by atoms with Gasteiger partial charge in [0.15, 0.2) is 0 Å². The minimum atomic E-state index is 0.725. The molecule has 0 bridgehead atoms. The largest absolute Gasteiger partial charge is 0.494 e. The van der Waals surface area contributed by atoms with Gasteiger partial charge in [-0.25, -0.2) is 4.68 Å². The maximum absolute atomic E-state index is 5.30. The lowest BCUT2D eigenvalue weighted by Crippen LogP contribution is -1.99. The average molecular weight is 224 g/mol. The second-order valence-corrected chi connectivity index (χ2v) is 3.58. The average Bonchev–Trinajstić information content (AvgIpc) is 2.82. The Labute approximate surface area is 98.4 Å². The van der Waals surface area contributed by atoms with Crippen molar-refractivity contribution in [2.45, 2.75) is 0 Å². The van der Waals surface area contributed by atoms with Gasteiger partial charge in [0.25, 0.3) is 0 Å². The molecule has 0 atom stereocenters. The van der Waals surface area contributed by atoms with Crippen molar-refractivity contribution in [3.8, 4) is 11.4 Å². The van der Waals surface area contributed by atoms with Crippen LogP contribution in [0.4, 0.5) is 0 Å². The van der Waals surface area contributed by atoms with Crippen LogP contribution >= 0.6 is 0 Å². The number of hydrogen-bond acceptors (Lipinski definition) is 3. The third-order valence-corrected chi connectivity index (χ3v) is 2.58. The van der Waals surface area contributed by atoms with E-state index in [0.717, 1.165) is 22.5 Å². The molecule has 1 radical (unpaired) electrons. The predicted octanol–water partition coefficient (Wildman–Crippen LogP) is 2.23. The molecule has 1 heterocycles. The number of rotatable bonds is 2. The Hall–Kier alpha value is -2.36. The highest BCUT2D eigenvalue weighted by atomic mass is 16.5. The number of para-hydroxylation sites is 2. The van der Waals surface area contributed by atoms with E-state index in [-0.39, 0.29) is 0 Å². The number of aromatic nitrogens is 3. The highest BCUT2D eigenvalue weighted by Crippen LogP contribution is 2.23. The van der Waals surface area contributed by atoms with Gasteiger partial charge < -0.3 is 4.74 Å². The topological polar surface area (TPSA) is 39.9 Å². The van der Waals surface area contributed by atoms with Crippen LogP contribution in [0.5, 0.6) is 5.75 Å². The van der Waals surface area contributed by atoms with Crippen LogP contribution in [0, 0.1) is 6.07 Å². The molecule has 3 rings (SSSR count). The first-order chi connectivity index (χ1) is 8.40. The van der Waals surface area contributed by atoms with Crippen LogP contribution in [0.15, 0.2) is 42.5 Å². The summed E-state index contributed by atoms with van der Waals surface area (Å²) < 4.78 is 7.03. The van der Waals surface area contributed by atoms with E-state index in [1.165, 1.54) is 0 Å². The smallest absolute Gasteiger partial charge is 0.145 e. The highest BCUT2D eigenvalue weighted by molar-refractivity contribution is 5.76. The molecule has 17 heavy (non-hydrogen) atoms. The second kappa shape index (κ2) is 3.90. The van der Waals surface area contributed by atoms with Crippen LogP contribution in [-0.2, 0) is 0 Å². The number of nitrogens with zero attached hydrogens (tertiary/aromatic N) is 3. The van der Waals surface area contributed by atoms with Gasteiger partial charge in [-0.2, -0.15) is 0 Å². The number of fused-ring (bicyclic) bond motifs is 1. The van der Waals surface area contributed by atoms with Gasteiger partial charge >= 0.3 is 0 Å². The van der Waals surface area contributed by atoms with Crippen LogP contribution in [0.2, 0.25) is 0 Å². The SMILES string of the molecule is COc1ccc[c]c1-n1nnc2ccccc21. The molecule has 0 spiro atoms. The molecule has 0 aliphatic rings. The summed E-state index contributed by atoms with van der Waals surface area (Å²) >= 11 is 0. The summed E-state index contributed by atoms with van der Waals surface area (Å²) in [6, 6.07) is 16.5. The molecule has 0 aliphatic carbocycles. The number of ether oxygens (including phenoxy) is 1. The number of benzene rings is 2. The summed E-state index contributed by atoms with van der Waals surface area (Å²) in [6.45, 7) is 0. The van der Waals surface area contributed by atoms with E-state index in [1.54, 1.807) is 11.8 Å². The zero-order valence-electron chi connectivity index (χ0n) is 9.29. The minimum absolute atomic E-state index is 0.725. The van der Waals surface area contributed by atoms with Crippen molar-refractivity contribution >= 4 is 11.0 Å². The molecule has 1 aromatic heterocycles. The van der Waals surface area contributed by atoms with Gasteiger partial charge in [-0.3, -0.25) is 0 Å². The molecule has 0 N–H and O–H groups in total. The molecule has 0 unspecified atom stereocenters. The molecular formula is C13H10N3O. The Kier molecular flexibility index (Phi) is 2.26. The maximum atomic E-state index is 5.30. The number of hydrogen-bond donors (Lipinski definition) is 0. The van der Waals surface area contributed by atoms with Gasteiger partial charge in [0, 0.05) is 6.07 Å². The molecular weight excluding hydrogens is 214 g/mol. The van der Waals surface area contributed by atoms with Gasteiger partial charge in [-0.05, 0) is 18.2 Å². The first kappa shape index (κ1) is 9.84. The molecule has 0 saturated carbocycles. The van der Waals surface area contributed by atoms with Crippen LogP contribution in [-0.4, -0.2) is 22.1 Å². The van der Waals surface area contributed by atoms with Crippen molar-refractivity contribution < 1.29 is 4.74 Å². The van der Waals surface area contributed by atoms with Crippen molar-refractivity contribution in [3.05, 3.63) is 48.5 Å². The zero-order chi connectivity index (χ0) is 11.7. The molecule has 4 heteroatoms. The van der Waals surface area contributed by atoms with E-state index in [0.29, 0.717) is 0 Å². The van der Waals surface area contributed by atoms with Crippen LogP contribution in [0.25, 0.3) is 16.7 Å². The zero-order valence-corrected chi connectivity index (χ0v) is 9.29. The van der Waals surface area contributed by atoms with E-state index in [1.807, 2.05) is 42.5 Å². The van der Waals surface area contributed by atoms with Gasteiger partial charge in [0.2, 0.25) is 0 Å². The predicted molar refractivity (Wildman–Crippen MR) is 64.3 cm³/mol. The second-order valence-electron chi connectivity index (χ2n) is 3.58. The first-order valence-electron chi connectivity index (χ1n) is 5.25. The van der Waals surface area contributed by atoms with Gasteiger partial charge in [0.05, 0.1) is 12.6 Å². The van der Waals surface area contributed by atoms with E-state index >= 15 is 0 Å². The fraction of sp³-hybridized carbons (Fsp3) is 0.0769. The summed E-state index contributed by atoms with van der Waals surface area (Å²) in [6.07, 6.45) is 0. The monoisotopic (exact) mass is 224 g/mol. The Bertz CT molecular complexity index is 660. The molecule has 0 saturated heterocycles. The molecule has 0 aliphatic heterocycles. The van der Waals surface area contributed by atoms with Crippen molar-refractivity contribution in [2.75, 3.05) is 7.11 Å². The van der Waals surface area contributed by atoms with Gasteiger partial charge in [-0.1, -0.05) is 29.5 Å². The quantitative estimate of drug-likeness (QED) is 0.670. The first-order valence-corrected chi connectivity index (χ1v) is 5.25. The Morgan fingerprint density at radius 2 is 2.06 bits per heavy atom. The lowest BCUT2D eigenvalue weighted by molar-refractivity contribution is 0.411. The van der Waals surface area contributed by atoms with Crippen LogP contribution in [0.1, 0.15) is 0 Å². The highest BCUT2D eigenvalue weighted by Gasteiger charge is 2.09. The van der Waals surface area contributed by atoms with Crippen molar-refractivity contribution in [3.63, 3.8) is 0 Å². The third-order valence-electron chi connectivity index (χ3n) is 2.58. The Morgan fingerprint density at radius 1 is 1.18 bits per heavy atom.